The van der Waals surface area contributed by atoms with Gasteiger partial charge in [0.2, 0.25) is 0 Å². The first-order chi connectivity index (χ1) is 9.45. The number of halogens is 2. The van der Waals surface area contributed by atoms with Crippen LogP contribution in [0.15, 0.2) is 29.1 Å². The first kappa shape index (κ1) is 13.6. The SMILES string of the molecule is O=c1cc(Cc2c(F)cccc2F)nc(N[N+](=O)[O-])[nH]1. The molecule has 0 aliphatic heterocycles. The number of H-pyrrole nitrogens is 1. The van der Waals surface area contributed by atoms with Crippen LogP contribution in [0, 0.1) is 21.7 Å². The molecule has 2 aromatic rings. The minimum absolute atomic E-state index is 0.00194. The molecule has 0 amide bonds. The number of aromatic amines is 1. The van der Waals surface area contributed by atoms with E-state index in [1.165, 1.54) is 6.07 Å². The molecule has 0 saturated carbocycles. The van der Waals surface area contributed by atoms with Crippen LogP contribution in [-0.4, -0.2) is 15.0 Å². The Kier molecular flexibility index (Phi) is 3.69. The number of anilines is 1. The largest absolute Gasteiger partial charge is 0.288 e. The summed E-state index contributed by atoms with van der Waals surface area (Å²) in [5.41, 5.74) is 0.735. The molecule has 0 fully saturated rings. The Hall–Kier alpha value is -2.84. The van der Waals surface area contributed by atoms with Crippen LogP contribution in [0.25, 0.3) is 0 Å². The normalized spacial score (nSPS) is 10.3. The summed E-state index contributed by atoms with van der Waals surface area (Å²) in [7, 11) is 0. The molecule has 2 N–H and O–H groups in total. The van der Waals surface area contributed by atoms with Gasteiger partial charge in [0.25, 0.3) is 11.5 Å². The maximum absolute atomic E-state index is 13.5. The lowest BCUT2D eigenvalue weighted by atomic mass is 10.1. The van der Waals surface area contributed by atoms with E-state index in [4.69, 9.17) is 0 Å². The minimum atomic E-state index is -0.911. The van der Waals surface area contributed by atoms with Crippen LogP contribution in [0.2, 0.25) is 0 Å². The van der Waals surface area contributed by atoms with E-state index >= 15 is 0 Å². The van der Waals surface area contributed by atoms with Crippen molar-refractivity contribution in [1.82, 2.24) is 9.97 Å². The summed E-state index contributed by atoms with van der Waals surface area (Å²) in [4.78, 5) is 27.4. The number of hydrazine groups is 1. The molecule has 0 bridgehead atoms. The minimum Gasteiger partial charge on any atom is -0.288 e. The Balaban J connectivity index is 2.36. The van der Waals surface area contributed by atoms with Crippen molar-refractivity contribution >= 4 is 5.95 Å². The molecule has 0 spiro atoms. The first-order valence-corrected chi connectivity index (χ1v) is 5.40. The molecule has 7 nitrogen and oxygen atoms in total. The van der Waals surface area contributed by atoms with E-state index in [1.54, 1.807) is 5.43 Å². The van der Waals surface area contributed by atoms with Crippen molar-refractivity contribution in [1.29, 1.82) is 0 Å². The fourth-order valence-corrected chi connectivity index (χ4v) is 1.62. The molecule has 0 radical (unpaired) electrons. The molecule has 0 unspecified atom stereocenters. The molecule has 1 aromatic carbocycles. The van der Waals surface area contributed by atoms with Crippen molar-refractivity contribution in [2.24, 2.45) is 0 Å². The highest BCUT2D eigenvalue weighted by molar-refractivity contribution is 5.28. The zero-order valence-electron chi connectivity index (χ0n) is 9.89. The number of nitrogens with zero attached hydrogens (tertiary/aromatic N) is 2. The van der Waals surface area contributed by atoms with Gasteiger partial charge in [0.1, 0.15) is 11.6 Å². The van der Waals surface area contributed by atoms with E-state index in [0.717, 1.165) is 18.2 Å². The van der Waals surface area contributed by atoms with Gasteiger partial charge in [0.05, 0.1) is 5.69 Å². The number of nitrogens with one attached hydrogen (secondary N) is 2. The van der Waals surface area contributed by atoms with Crippen molar-refractivity contribution in [2.45, 2.75) is 6.42 Å². The molecule has 1 aromatic heterocycles. The summed E-state index contributed by atoms with van der Waals surface area (Å²) in [6.07, 6.45) is -0.297. The van der Waals surface area contributed by atoms with Crippen molar-refractivity contribution in [3.63, 3.8) is 0 Å². The molecular weight excluding hydrogens is 274 g/mol. The van der Waals surface area contributed by atoms with Crippen molar-refractivity contribution < 1.29 is 13.8 Å². The zero-order chi connectivity index (χ0) is 14.7. The average molecular weight is 282 g/mol. The van der Waals surface area contributed by atoms with E-state index in [0.29, 0.717) is 0 Å². The Bertz CT molecular complexity index is 697. The Morgan fingerprint density at radius 3 is 2.60 bits per heavy atom. The molecule has 0 aliphatic rings. The number of hydrogen-bond donors (Lipinski definition) is 2. The summed E-state index contributed by atoms with van der Waals surface area (Å²) in [6.45, 7) is 0. The summed E-state index contributed by atoms with van der Waals surface area (Å²) in [5, 5.41) is 9.36. The second-order valence-electron chi connectivity index (χ2n) is 3.83. The molecule has 104 valence electrons. The van der Waals surface area contributed by atoms with E-state index in [-0.39, 0.29) is 17.7 Å². The second-order valence-corrected chi connectivity index (χ2v) is 3.83. The highest BCUT2D eigenvalue weighted by Gasteiger charge is 2.12. The first-order valence-electron chi connectivity index (χ1n) is 5.40. The predicted octanol–water partition coefficient (Wildman–Crippen LogP) is 1.24. The summed E-state index contributed by atoms with van der Waals surface area (Å²) >= 11 is 0. The standard InChI is InChI=1S/C11H8F2N4O3/c12-8-2-1-3-9(13)7(8)4-6-5-10(18)15-11(14-6)16-17(19)20/h1-3,5H,4H2,(H2,14,15,16,18). The zero-order valence-corrected chi connectivity index (χ0v) is 9.89. The second kappa shape index (κ2) is 5.43. The van der Waals surface area contributed by atoms with Gasteiger partial charge in [-0.2, -0.15) is 0 Å². The third-order valence-electron chi connectivity index (χ3n) is 2.41. The number of benzene rings is 1. The maximum Gasteiger partial charge on any atom is 0.265 e. The Morgan fingerprint density at radius 1 is 1.35 bits per heavy atom. The van der Waals surface area contributed by atoms with Crippen molar-refractivity contribution in [3.8, 4) is 0 Å². The molecule has 1 heterocycles. The van der Waals surface area contributed by atoms with Gasteiger partial charge in [0, 0.05) is 18.1 Å². The van der Waals surface area contributed by atoms with Crippen LogP contribution in [0.1, 0.15) is 11.3 Å². The molecular formula is C11H8F2N4O3. The number of rotatable bonds is 4. The maximum atomic E-state index is 13.5. The van der Waals surface area contributed by atoms with Gasteiger partial charge in [0.15, 0.2) is 5.03 Å². The highest BCUT2D eigenvalue weighted by Crippen LogP contribution is 2.15. The lowest BCUT2D eigenvalue weighted by Gasteiger charge is -2.05. The molecule has 2 rings (SSSR count). The van der Waals surface area contributed by atoms with Gasteiger partial charge in [-0.3, -0.25) is 9.78 Å². The molecule has 20 heavy (non-hydrogen) atoms. The average Bonchev–Trinajstić information content (AvgIpc) is 2.32. The van der Waals surface area contributed by atoms with Gasteiger partial charge < -0.3 is 0 Å². The third-order valence-corrected chi connectivity index (χ3v) is 2.41. The van der Waals surface area contributed by atoms with Crippen LogP contribution in [0.3, 0.4) is 0 Å². The summed E-state index contributed by atoms with van der Waals surface area (Å²) in [5.74, 6) is -1.97. The van der Waals surface area contributed by atoms with E-state index in [1.807, 2.05) is 0 Å². The van der Waals surface area contributed by atoms with Gasteiger partial charge in [-0.25, -0.2) is 23.9 Å². The number of aromatic nitrogens is 2. The summed E-state index contributed by atoms with van der Waals surface area (Å²) in [6, 6.07) is 4.36. The van der Waals surface area contributed by atoms with E-state index < -0.39 is 28.2 Å². The highest BCUT2D eigenvalue weighted by atomic mass is 19.1. The van der Waals surface area contributed by atoms with Gasteiger partial charge in [-0.15, -0.1) is 0 Å². The molecule has 0 atom stereocenters. The van der Waals surface area contributed by atoms with Crippen LogP contribution in [0.5, 0.6) is 0 Å². The topological polar surface area (TPSA) is 101 Å². The fraction of sp³-hybridized carbons (Fsp3) is 0.0909. The lowest BCUT2D eigenvalue weighted by molar-refractivity contribution is -0.446. The number of nitro groups is 1. The van der Waals surface area contributed by atoms with E-state index in [9.17, 15) is 23.7 Å². The van der Waals surface area contributed by atoms with Crippen molar-refractivity contribution in [3.05, 3.63) is 67.6 Å². The van der Waals surface area contributed by atoms with Crippen LogP contribution < -0.4 is 11.0 Å². The van der Waals surface area contributed by atoms with Gasteiger partial charge >= 0.3 is 0 Å². The van der Waals surface area contributed by atoms with Crippen LogP contribution in [0.4, 0.5) is 14.7 Å². The smallest absolute Gasteiger partial charge is 0.265 e. The van der Waals surface area contributed by atoms with E-state index in [2.05, 4.69) is 9.97 Å². The predicted molar refractivity (Wildman–Crippen MR) is 64.6 cm³/mol. The third kappa shape index (κ3) is 3.13. The fourth-order valence-electron chi connectivity index (χ4n) is 1.62. The monoisotopic (exact) mass is 282 g/mol. The molecule has 9 heteroatoms. The van der Waals surface area contributed by atoms with Crippen LogP contribution in [-0.2, 0) is 6.42 Å². The summed E-state index contributed by atoms with van der Waals surface area (Å²) < 4.78 is 26.9. The molecule has 0 aliphatic carbocycles. The quantitative estimate of drug-likeness (QED) is 0.649. The van der Waals surface area contributed by atoms with Crippen molar-refractivity contribution in [2.75, 3.05) is 5.43 Å². The molecule has 0 saturated heterocycles. The lowest BCUT2D eigenvalue weighted by Crippen LogP contribution is -2.18. The van der Waals surface area contributed by atoms with Gasteiger partial charge in [-0.1, -0.05) is 11.5 Å². The van der Waals surface area contributed by atoms with Crippen LogP contribution >= 0.6 is 0 Å². The Labute approximate surface area is 110 Å². The van der Waals surface area contributed by atoms with Gasteiger partial charge in [-0.05, 0) is 12.1 Å². The number of hydrogen-bond acceptors (Lipinski definition) is 4. The Morgan fingerprint density at radius 2 is 2.00 bits per heavy atom.